The molecule has 9 heteroatoms. The lowest BCUT2D eigenvalue weighted by molar-refractivity contribution is 0.0954. The number of benzene rings is 2. The molecule has 2 aromatic carbocycles. The van der Waals surface area contributed by atoms with Crippen molar-refractivity contribution in [1.29, 1.82) is 5.26 Å². The van der Waals surface area contributed by atoms with Crippen LogP contribution >= 0.6 is 0 Å². The van der Waals surface area contributed by atoms with E-state index in [0.717, 1.165) is 27.7 Å². The number of allylic oxidation sites excluding steroid dienone is 1. The highest BCUT2D eigenvalue weighted by molar-refractivity contribution is 5.94. The molecular weight excluding hydrogens is 466 g/mol. The predicted octanol–water partition coefficient (Wildman–Crippen LogP) is 3.85. The molecule has 1 atom stereocenters. The van der Waals surface area contributed by atoms with Gasteiger partial charge in [-0.15, -0.1) is 0 Å². The van der Waals surface area contributed by atoms with Crippen LogP contribution in [0.25, 0.3) is 22.2 Å². The fraction of sp³-hybridized carbons (Fsp3) is 0.179. The molecule has 1 aliphatic rings. The number of anilines is 1. The SMILES string of the molecule is COC[C@H]1N=CC=CN1c1nccc(-c2ccc(C(=O)NCCc3ccc4[nH]cc(C#N)c4c3)cc2)n1. The molecule has 2 aromatic heterocycles. The highest BCUT2D eigenvalue weighted by Crippen LogP contribution is 2.22. The fourth-order valence-corrected chi connectivity index (χ4v) is 4.19. The molecule has 184 valence electrons. The molecule has 0 saturated carbocycles. The highest BCUT2D eigenvalue weighted by Gasteiger charge is 2.20. The quantitative estimate of drug-likeness (QED) is 0.386. The number of hydrogen-bond acceptors (Lipinski definition) is 7. The van der Waals surface area contributed by atoms with Crippen LogP contribution in [-0.2, 0) is 11.2 Å². The molecule has 2 N–H and O–H groups in total. The Morgan fingerprint density at radius 3 is 2.89 bits per heavy atom. The molecule has 9 nitrogen and oxygen atoms in total. The van der Waals surface area contributed by atoms with Crippen molar-refractivity contribution < 1.29 is 9.53 Å². The lowest BCUT2D eigenvalue weighted by atomic mass is 10.1. The Labute approximate surface area is 214 Å². The number of rotatable bonds is 8. The normalized spacial score (nSPS) is 14.6. The lowest BCUT2D eigenvalue weighted by Crippen LogP contribution is -2.35. The van der Waals surface area contributed by atoms with Gasteiger partial charge in [0.05, 0.1) is 17.9 Å². The number of ether oxygens (including phenoxy) is 1. The molecule has 3 heterocycles. The van der Waals surface area contributed by atoms with E-state index < -0.39 is 0 Å². The first-order valence-corrected chi connectivity index (χ1v) is 11.9. The van der Waals surface area contributed by atoms with Crippen LogP contribution in [0.2, 0.25) is 0 Å². The number of H-pyrrole nitrogens is 1. The molecule has 37 heavy (non-hydrogen) atoms. The van der Waals surface area contributed by atoms with Crippen molar-refractivity contribution in [2.45, 2.75) is 12.6 Å². The van der Waals surface area contributed by atoms with Gasteiger partial charge in [0.1, 0.15) is 6.07 Å². The minimum Gasteiger partial charge on any atom is -0.381 e. The summed E-state index contributed by atoms with van der Waals surface area (Å²) in [6, 6.07) is 17.3. The topological polar surface area (TPSA) is 119 Å². The van der Waals surface area contributed by atoms with Crippen molar-refractivity contribution in [3.05, 3.63) is 89.9 Å². The largest absolute Gasteiger partial charge is 0.381 e. The third kappa shape index (κ3) is 5.24. The molecule has 0 bridgehead atoms. The zero-order valence-electron chi connectivity index (χ0n) is 20.3. The van der Waals surface area contributed by atoms with Gasteiger partial charge in [0, 0.05) is 60.5 Å². The second-order valence-corrected chi connectivity index (χ2v) is 8.50. The minimum atomic E-state index is -0.227. The average molecular weight is 492 g/mol. The summed E-state index contributed by atoms with van der Waals surface area (Å²) in [5.74, 6) is 0.378. The van der Waals surface area contributed by atoms with E-state index in [1.54, 1.807) is 37.9 Å². The van der Waals surface area contributed by atoms with Crippen LogP contribution in [0.1, 0.15) is 21.5 Å². The van der Waals surface area contributed by atoms with E-state index in [9.17, 15) is 10.1 Å². The number of nitrogens with zero attached hydrogens (tertiary/aromatic N) is 5. The van der Waals surface area contributed by atoms with E-state index in [0.29, 0.717) is 36.6 Å². The van der Waals surface area contributed by atoms with Crippen LogP contribution in [0.15, 0.2) is 78.2 Å². The monoisotopic (exact) mass is 491 g/mol. The maximum atomic E-state index is 12.7. The van der Waals surface area contributed by atoms with E-state index >= 15 is 0 Å². The average Bonchev–Trinajstić information content (AvgIpc) is 3.36. The Balaban J connectivity index is 1.22. The maximum Gasteiger partial charge on any atom is 0.251 e. The third-order valence-corrected chi connectivity index (χ3v) is 6.11. The van der Waals surface area contributed by atoms with Gasteiger partial charge in [-0.25, -0.2) is 9.97 Å². The lowest BCUT2D eigenvalue weighted by Gasteiger charge is -2.27. The number of carbonyl (C=O) groups is 1. The summed E-state index contributed by atoms with van der Waals surface area (Å²) < 4.78 is 5.26. The molecule has 0 aliphatic carbocycles. The first-order chi connectivity index (χ1) is 18.2. The summed E-state index contributed by atoms with van der Waals surface area (Å²) >= 11 is 0. The van der Waals surface area contributed by atoms with Gasteiger partial charge in [-0.1, -0.05) is 18.2 Å². The van der Waals surface area contributed by atoms with Crippen LogP contribution in [0, 0.1) is 11.3 Å². The van der Waals surface area contributed by atoms with Gasteiger partial charge in [0.15, 0.2) is 6.17 Å². The zero-order valence-corrected chi connectivity index (χ0v) is 20.3. The molecule has 0 spiro atoms. The van der Waals surface area contributed by atoms with E-state index in [2.05, 4.69) is 26.3 Å². The first-order valence-electron chi connectivity index (χ1n) is 11.9. The Morgan fingerprint density at radius 1 is 1.22 bits per heavy atom. The van der Waals surface area contributed by atoms with Crippen molar-refractivity contribution in [2.24, 2.45) is 4.99 Å². The molecule has 0 radical (unpaired) electrons. The second kappa shape index (κ2) is 10.8. The minimum absolute atomic E-state index is 0.144. The molecule has 1 amide bonds. The summed E-state index contributed by atoms with van der Waals surface area (Å²) in [6.07, 6.45) is 9.30. The molecule has 5 rings (SSSR count). The number of aliphatic imine (C=N–C) groups is 1. The second-order valence-electron chi connectivity index (χ2n) is 8.50. The van der Waals surface area contributed by atoms with Crippen molar-refractivity contribution >= 4 is 29.0 Å². The number of aromatic nitrogens is 3. The van der Waals surface area contributed by atoms with Gasteiger partial charge in [-0.05, 0) is 48.4 Å². The first kappa shape index (κ1) is 23.9. The number of methoxy groups -OCH3 is 1. The summed E-state index contributed by atoms with van der Waals surface area (Å²) in [6.45, 7) is 0.905. The van der Waals surface area contributed by atoms with Crippen LogP contribution in [0.5, 0.6) is 0 Å². The number of nitrogens with one attached hydrogen (secondary N) is 2. The number of carbonyl (C=O) groups excluding carboxylic acids is 1. The van der Waals surface area contributed by atoms with Crippen LogP contribution < -0.4 is 10.2 Å². The van der Waals surface area contributed by atoms with Crippen LogP contribution in [-0.4, -0.2) is 53.5 Å². The molecule has 4 aromatic rings. The van der Waals surface area contributed by atoms with E-state index in [1.807, 2.05) is 53.6 Å². The van der Waals surface area contributed by atoms with E-state index in [-0.39, 0.29) is 12.1 Å². The molecule has 0 unspecified atom stereocenters. The highest BCUT2D eigenvalue weighted by atomic mass is 16.5. The summed E-state index contributed by atoms with van der Waals surface area (Å²) in [5.41, 5.74) is 4.79. The fourth-order valence-electron chi connectivity index (χ4n) is 4.19. The number of amides is 1. The number of nitriles is 1. The van der Waals surface area contributed by atoms with Crippen LogP contribution in [0.3, 0.4) is 0 Å². The number of hydrogen-bond donors (Lipinski definition) is 2. The smallest absolute Gasteiger partial charge is 0.251 e. The van der Waals surface area contributed by atoms with Gasteiger partial charge in [0.2, 0.25) is 5.95 Å². The summed E-state index contributed by atoms with van der Waals surface area (Å²) in [4.78, 5) is 31.2. The van der Waals surface area contributed by atoms with E-state index in [4.69, 9.17) is 9.72 Å². The maximum absolute atomic E-state index is 12.7. The third-order valence-electron chi connectivity index (χ3n) is 6.11. The Hall–Kier alpha value is -4.81. The Kier molecular flexibility index (Phi) is 7.01. The molecule has 0 saturated heterocycles. The molecular formula is C28H25N7O2. The Bertz CT molecular complexity index is 1520. The molecule has 0 fully saturated rings. The van der Waals surface area contributed by atoms with Crippen molar-refractivity contribution in [3.63, 3.8) is 0 Å². The van der Waals surface area contributed by atoms with Gasteiger partial charge in [-0.3, -0.25) is 14.7 Å². The molecule has 1 aliphatic heterocycles. The summed E-state index contributed by atoms with van der Waals surface area (Å²) in [5, 5.41) is 13.1. The van der Waals surface area contributed by atoms with Crippen LogP contribution in [0.4, 0.5) is 5.95 Å². The van der Waals surface area contributed by atoms with Gasteiger partial charge in [-0.2, -0.15) is 5.26 Å². The number of aromatic amines is 1. The van der Waals surface area contributed by atoms with Crippen molar-refractivity contribution in [1.82, 2.24) is 20.3 Å². The van der Waals surface area contributed by atoms with Gasteiger partial charge < -0.3 is 15.0 Å². The number of fused-ring (bicyclic) bond motifs is 1. The van der Waals surface area contributed by atoms with E-state index in [1.165, 1.54) is 0 Å². The van der Waals surface area contributed by atoms with Gasteiger partial charge >= 0.3 is 0 Å². The van der Waals surface area contributed by atoms with Gasteiger partial charge in [0.25, 0.3) is 5.91 Å². The predicted molar refractivity (Wildman–Crippen MR) is 142 cm³/mol. The van der Waals surface area contributed by atoms with Crippen molar-refractivity contribution in [3.8, 4) is 17.3 Å². The zero-order chi connectivity index (χ0) is 25.6. The standard InChI is InChI=1S/C28H25N7O2/c1-37-18-26-30-11-2-14-35(26)28-32-13-10-24(34-28)20-4-6-21(7-5-20)27(36)31-12-9-19-3-8-25-23(15-19)22(16-29)17-33-25/h2-8,10-11,13-15,17,26,33H,9,12,18H2,1H3,(H,31,36)/t26-/m0/s1. The Morgan fingerprint density at radius 2 is 2.08 bits per heavy atom. The summed E-state index contributed by atoms with van der Waals surface area (Å²) in [7, 11) is 1.63. The van der Waals surface area contributed by atoms with Crippen molar-refractivity contribution in [2.75, 3.05) is 25.2 Å².